The van der Waals surface area contributed by atoms with Crippen LogP contribution in [0.2, 0.25) is 0 Å². The normalized spacial score (nSPS) is 28.5. The summed E-state index contributed by atoms with van der Waals surface area (Å²) in [5.41, 5.74) is 1.09. The molecule has 24 heavy (non-hydrogen) atoms. The molecular formula is C19H19NO4. The molecule has 0 radical (unpaired) electrons. The Balaban J connectivity index is 1.99. The molecule has 2 unspecified atom stereocenters. The zero-order chi connectivity index (χ0) is 17.1. The second kappa shape index (κ2) is 4.82. The highest BCUT2D eigenvalue weighted by molar-refractivity contribution is 6.12. The van der Waals surface area contributed by atoms with Gasteiger partial charge < -0.3 is 19.8 Å². The lowest BCUT2D eigenvalue weighted by atomic mass is 9.85. The van der Waals surface area contributed by atoms with E-state index in [2.05, 4.69) is 19.0 Å². The number of aliphatic hydroxyl groups is 2. The Morgan fingerprint density at radius 2 is 1.83 bits per heavy atom. The number of oxime groups is 1. The van der Waals surface area contributed by atoms with E-state index in [1.165, 1.54) is 7.11 Å². The topological polar surface area (TPSA) is 71.3 Å². The Morgan fingerprint density at radius 1 is 1.08 bits per heavy atom. The first-order chi connectivity index (χ1) is 11.4. The van der Waals surface area contributed by atoms with Crippen molar-refractivity contribution >= 4 is 5.71 Å². The molecule has 0 saturated heterocycles. The average molecular weight is 325 g/mol. The fraction of sp³-hybridized carbons (Fsp3) is 0.316. The Hall–Kier alpha value is -2.37. The zero-order valence-corrected chi connectivity index (χ0v) is 13.8. The summed E-state index contributed by atoms with van der Waals surface area (Å²) >= 11 is 0. The van der Waals surface area contributed by atoms with Gasteiger partial charge in [0.1, 0.15) is 18.6 Å². The third kappa shape index (κ3) is 1.63. The maximum absolute atomic E-state index is 11.5. The van der Waals surface area contributed by atoms with Crippen LogP contribution in [0.5, 0.6) is 5.75 Å². The molecule has 5 nitrogen and oxygen atoms in total. The molecule has 1 aliphatic heterocycles. The summed E-state index contributed by atoms with van der Waals surface area (Å²) < 4.78 is 5.88. The minimum atomic E-state index is -1.92. The molecule has 0 bridgehead atoms. The molecule has 0 aromatic heterocycles. The smallest absolute Gasteiger partial charge is 0.275 e. The summed E-state index contributed by atoms with van der Waals surface area (Å²) in [6, 6.07) is 12.7. The van der Waals surface area contributed by atoms with Gasteiger partial charge >= 0.3 is 0 Å². The lowest BCUT2D eigenvalue weighted by Crippen LogP contribution is -2.48. The third-order valence-electron chi connectivity index (χ3n) is 4.88. The number of rotatable bonds is 2. The van der Waals surface area contributed by atoms with E-state index >= 15 is 0 Å². The van der Waals surface area contributed by atoms with Crippen molar-refractivity contribution in [1.29, 1.82) is 0 Å². The Bertz CT molecular complexity index is 860. The van der Waals surface area contributed by atoms with Crippen molar-refractivity contribution in [3.63, 3.8) is 0 Å². The van der Waals surface area contributed by atoms with E-state index in [1.54, 1.807) is 24.3 Å². The standard InChI is InChI=1S/C19H19NO4/c1-11(2)12-8-9-15-16(10-12)24-19(22)14-7-5-4-6-13(14)17(20-23-3)18(15,19)21/h4-11,21-22H,1-3H3. The van der Waals surface area contributed by atoms with Crippen molar-refractivity contribution in [2.24, 2.45) is 5.16 Å². The van der Waals surface area contributed by atoms with Crippen LogP contribution >= 0.6 is 0 Å². The molecule has 1 aliphatic carbocycles. The van der Waals surface area contributed by atoms with Crippen LogP contribution < -0.4 is 4.74 Å². The van der Waals surface area contributed by atoms with Gasteiger partial charge in [-0.2, -0.15) is 0 Å². The number of ether oxygens (including phenoxy) is 1. The fourth-order valence-corrected chi connectivity index (χ4v) is 3.62. The van der Waals surface area contributed by atoms with Gasteiger partial charge in [0.15, 0.2) is 0 Å². The molecule has 2 N–H and O–H groups in total. The van der Waals surface area contributed by atoms with Gasteiger partial charge in [-0.15, -0.1) is 0 Å². The molecule has 0 saturated carbocycles. The SMILES string of the molecule is CON=C1c2ccccc2C2(O)Oc3cc(C(C)C)ccc3C12O. The van der Waals surface area contributed by atoms with Gasteiger partial charge in [0.25, 0.3) is 5.79 Å². The Labute approximate surface area is 140 Å². The maximum atomic E-state index is 11.5. The fourth-order valence-electron chi connectivity index (χ4n) is 3.62. The van der Waals surface area contributed by atoms with Gasteiger partial charge in [0, 0.05) is 16.7 Å². The Morgan fingerprint density at radius 3 is 2.54 bits per heavy atom. The van der Waals surface area contributed by atoms with E-state index in [4.69, 9.17) is 9.57 Å². The first kappa shape index (κ1) is 15.2. The molecule has 0 amide bonds. The van der Waals surface area contributed by atoms with Gasteiger partial charge in [-0.1, -0.05) is 55.4 Å². The van der Waals surface area contributed by atoms with E-state index in [1.807, 2.05) is 18.2 Å². The van der Waals surface area contributed by atoms with Crippen LogP contribution in [0, 0.1) is 0 Å². The van der Waals surface area contributed by atoms with Crippen LogP contribution in [0.3, 0.4) is 0 Å². The predicted molar refractivity (Wildman–Crippen MR) is 88.9 cm³/mol. The molecule has 0 fully saturated rings. The molecular weight excluding hydrogens is 306 g/mol. The molecule has 2 aromatic rings. The molecule has 5 heteroatoms. The summed E-state index contributed by atoms with van der Waals surface area (Å²) in [6.45, 7) is 4.15. The molecule has 1 heterocycles. The van der Waals surface area contributed by atoms with Gasteiger partial charge in [-0.3, -0.25) is 0 Å². The van der Waals surface area contributed by atoms with Gasteiger partial charge in [-0.25, -0.2) is 0 Å². The summed E-state index contributed by atoms with van der Waals surface area (Å²) in [5.74, 6) is -1.15. The number of nitrogens with zero attached hydrogens (tertiary/aromatic N) is 1. The van der Waals surface area contributed by atoms with Crippen molar-refractivity contribution in [2.45, 2.75) is 31.2 Å². The molecule has 4 rings (SSSR count). The van der Waals surface area contributed by atoms with Crippen LogP contribution in [0.25, 0.3) is 0 Å². The second-order valence-corrected chi connectivity index (χ2v) is 6.53. The highest BCUT2D eigenvalue weighted by Crippen LogP contribution is 2.58. The van der Waals surface area contributed by atoms with E-state index in [-0.39, 0.29) is 5.71 Å². The number of hydrogen-bond donors (Lipinski definition) is 2. The highest BCUT2D eigenvalue weighted by Gasteiger charge is 2.69. The van der Waals surface area contributed by atoms with E-state index in [0.717, 1.165) is 5.56 Å². The van der Waals surface area contributed by atoms with Crippen LogP contribution in [0.4, 0.5) is 0 Å². The average Bonchev–Trinajstić information content (AvgIpc) is 2.90. The quantitative estimate of drug-likeness (QED) is 0.833. The first-order valence-electron chi connectivity index (χ1n) is 7.93. The van der Waals surface area contributed by atoms with Crippen molar-refractivity contribution < 1.29 is 19.8 Å². The van der Waals surface area contributed by atoms with Gasteiger partial charge in [-0.05, 0) is 17.5 Å². The molecule has 2 aliphatic rings. The van der Waals surface area contributed by atoms with Crippen molar-refractivity contribution in [2.75, 3.05) is 7.11 Å². The summed E-state index contributed by atoms with van der Waals surface area (Å²) in [5, 5.41) is 26.8. The van der Waals surface area contributed by atoms with Crippen LogP contribution in [0.15, 0.2) is 47.6 Å². The van der Waals surface area contributed by atoms with Crippen LogP contribution in [-0.2, 0) is 16.2 Å². The lowest BCUT2D eigenvalue weighted by molar-refractivity contribution is -0.219. The minimum absolute atomic E-state index is 0.249. The third-order valence-corrected chi connectivity index (χ3v) is 4.88. The van der Waals surface area contributed by atoms with Gasteiger partial charge in [0.2, 0.25) is 5.60 Å². The molecule has 2 aromatic carbocycles. The number of benzene rings is 2. The van der Waals surface area contributed by atoms with Crippen molar-refractivity contribution in [3.05, 3.63) is 64.7 Å². The summed E-state index contributed by atoms with van der Waals surface area (Å²) in [7, 11) is 1.41. The van der Waals surface area contributed by atoms with Crippen LogP contribution in [-0.4, -0.2) is 23.0 Å². The molecule has 0 spiro atoms. The number of fused-ring (bicyclic) bond motifs is 5. The highest BCUT2D eigenvalue weighted by atomic mass is 16.7. The van der Waals surface area contributed by atoms with Crippen LogP contribution in [0.1, 0.15) is 42.0 Å². The Kier molecular flexibility index (Phi) is 3.04. The maximum Gasteiger partial charge on any atom is 0.275 e. The van der Waals surface area contributed by atoms with E-state index < -0.39 is 11.4 Å². The second-order valence-electron chi connectivity index (χ2n) is 6.53. The lowest BCUT2D eigenvalue weighted by Gasteiger charge is -2.30. The molecule has 124 valence electrons. The van der Waals surface area contributed by atoms with Crippen molar-refractivity contribution in [1.82, 2.24) is 0 Å². The first-order valence-corrected chi connectivity index (χ1v) is 7.93. The van der Waals surface area contributed by atoms with E-state index in [9.17, 15) is 10.2 Å². The summed E-state index contributed by atoms with van der Waals surface area (Å²) in [6.07, 6.45) is 0. The zero-order valence-electron chi connectivity index (χ0n) is 13.8. The predicted octanol–water partition coefficient (Wildman–Crippen LogP) is 2.60. The number of hydrogen-bond acceptors (Lipinski definition) is 5. The molecule has 2 atom stereocenters. The van der Waals surface area contributed by atoms with E-state index in [0.29, 0.717) is 28.4 Å². The monoisotopic (exact) mass is 325 g/mol. The minimum Gasteiger partial charge on any atom is -0.454 e. The van der Waals surface area contributed by atoms with Crippen molar-refractivity contribution in [3.8, 4) is 5.75 Å². The largest absolute Gasteiger partial charge is 0.454 e. The van der Waals surface area contributed by atoms with Gasteiger partial charge in [0.05, 0.1) is 0 Å². The summed E-state index contributed by atoms with van der Waals surface area (Å²) in [4.78, 5) is 4.94.